The van der Waals surface area contributed by atoms with E-state index >= 15 is 0 Å². The van der Waals surface area contributed by atoms with Crippen molar-refractivity contribution in [2.75, 3.05) is 47.8 Å². The summed E-state index contributed by atoms with van der Waals surface area (Å²) in [5.74, 6) is -0.228. The Hall–Kier alpha value is -2.56. The van der Waals surface area contributed by atoms with E-state index in [9.17, 15) is 9.18 Å². The SMILES string of the molecule is CC(=O)CNc1ccc(N2CCN(c3ccccc3)CC2)c(F)c1. The van der Waals surface area contributed by atoms with E-state index in [0.29, 0.717) is 11.4 Å². The van der Waals surface area contributed by atoms with Gasteiger partial charge < -0.3 is 15.1 Å². The molecule has 2 aromatic carbocycles. The lowest BCUT2D eigenvalue weighted by atomic mass is 10.2. The summed E-state index contributed by atoms with van der Waals surface area (Å²) in [5, 5.41) is 2.93. The molecule has 0 atom stereocenters. The Morgan fingerprint density at radius 2 is 1.71 bits per heavy atom. The molecule has 3 rings (SSSR count). The number of nitrogens with zero attached hydrogens (tertiary/aromatic N) is 2. The third-order valence-electron chi connectivity index (χ3n) is 4.23. The van der Waals surface area contributed by atoms with E-state index in [1.165, 1.54) is 18.7 Å². The topological polar surface area (TPSA) is 35.6 Å². The zero-order valence-electron chi connectivity index (χ0n) is 13.8. The van der Waals surface area contributed by atoms with Crippen molar-refractivity contribution in [1.29, 1.82) is 0 Å². The maximum atomic E-state index is 14.4. The Labute approximate surface area is 141 Å². The number of hydrogen-bond donors (Lipinski definition) is 1. The summed E-state index contributed by atoms with van der Waals surface area (Å²) in [7, 11) is 0. The predicted octanol–water partition coefficient (Wildman–Crippen LogP) is 3.15. The number of nitrogens with one attached hydrogen (secondary N) is 1. The molecule has 1 N–H and O–H groups in total. The van der Waals surface area contributed by atoms with E-state index in [2.05, 4.69) is 27.2 Å². The molecule has 0 saturated carbocycles. The number of carbonyl (C=O) groups is 1. The van der Waals surface area contributed by atoms with Gasteiger partial charge in [-0.15, -0.1) is 0 Å². The number of ketones is 1. The molecule has 1 aliphatic rings. The zero-order chi connectivity index (χ0) is 16.9. The minimum absolute atomic E-state index is 0.0246. The number of Topliss-reactive ketones (excluding diaryl/α,β-unsaturated/α-hetero) is 1. The lowest BCUT2D eigenvalue weighted by Crippen LogP contribution is -2.46. The first-order chi connectivity index (χ1) is 11.6. The first-order valence-electron chi connectivity index (χ1n) is 8.21. The van der Waals surface area contributed by atoms with Crippen LogP contribution in [-0.4, -0.2) is 38.5 Å². The van der Waals surface area contributed by atoms with Gasteiger partial charge in [-0.2, -0.15) is 0 Å². The maximum Gasteiger partial charge on any atom is 0.148 e. The highest BCUT2D eigenvalue weighted by atomic mass is 19.1. The number of para-hydroxylation sites is 1. The largest absolute Gasteiger partial charge is 0.378 e. The zero-order valence-corrected chi connectivity index (χ0v) is 13.8. The van der Waals surface area contributed by atoms with Crippen LogP contribution >= 0.6 is 0 Å². The van der Waals surface area contributed by atoms with Gasteiger partial charge in [-0.3, -0.25) is 4.79 Å². The first-order valence-corrected chi connectivity index (χ1v) is 8.21. The normalized spacial score (nSPS) is 14.6. The molecular weight excluding hydrogens is 305 g/mol. The van der Waals surface area contributed by atoms with Gasteiger partial charge in [0.15, 0.2) is 0 Å². The molecule has 0 radical (unpaired) electrons. The van der Waals surface area contributed by atoms with Crippen molar-refractivity contribution >= 4 is 22.8 Å². The minimum Gasteiger partial charge on any atom is -0.378 e. The fraction of sp³-hybridized carbons (Fsp3) is 0.316. The molecule has 1 heterocycles. The number of halogens is 1. The molecule has 24 heavy (non-hydrogen) atoms. The smallest absolute Gasteiger partial charge is 0.148 e. The van der Waals surface area contributed by atoms with Crippen molar-refractivity contribution in [3.05, 3.63) is 54.3 Å². The van der Waals surface area contributed by atoms with Crippen molar-refractivity contribution in [2.45, 2.75) is 6.92 Å². The van der Waals surface area contributed by atoms with Crippen LogP contribution in [0.2, 0.25) is 0 Å². The summed E-state index contributed by atoms with van der Waals surface area (Å²) in [4.78, 5) is 15.4. The molecule has 0 unspecified atom stereocenters. The van der Waals surface area contributed by atoms with Gasteiger partial charge in [0.1, 0.15) is 11.6 Å². The van der Waals surface area contributed by atoms with Crippen molar-refractivity contribution in [2.24, 2.45) is 0 Å². The van der Waals surface area contributed by atoms with Crippen molar-refractivity contribution in [3.8, 4) is 0 Å². The van der Waals surface area contributed by atoms with Crippen LogP contribution in [0.3, 0.4) is 0 Å². The lowest BCUT2D eigenvalue weighted by Gasteiger charge is -2.37. The van der Waals surface area contributed by atoms with Crippen LogP contribution in [0.5, 0.6) is 0 Å². The summed E-state index contributed by atoms with van der Waals surface area (Å²) >= 11 is 0. The van der Waals surface area contributed by atoms with Crippen molar-refractivity contribution in [1.82, 2.24) is 0 Å². The Morgan fingerprint density at radius 1 is 1.04 bits per heavy atom. The molecule has 0 amide bonds. The van der Waals surface area contributed by atoms with Crippen LogP contribution in [0.25, 0.3) is 0 Å². The monoisotopic (exact) mass is 327 g/mol. The predicted molar refractivity (Wildman–Crippen MR) is 96.4 cm³/mol. The molecule has 0 bridgehead atoms. The van der Waals surface area contributed by atoms with Gasteiger partial charge in [0.05, 0.1) is 12.2 Å². The summed E-state index contributed by atoms with van der Waals surface area (Å²) in [6.45, 7) is 5.03. The Morgan fingerprint density at radius 3 is 2.33 bits per heavy atom. The number of anilines is 3. The van der Waals surface area contributed by atoms with E-state index in [1.807, 2.05) is 24.3 Å². The number of rotatable bonds is 5. The summed E-state index contributed by atoms with van der Waals surface area (Å²) in [6, 6.07) is 15.4. The Bertz CT molecular complexity index is 697. The fourth-order valence-electron chi connectivity index (χ4n) is 2.94. The highest BCUT2D eigenvalue weighted by Gasteiger charge is 2.19. The highest BCUT2D eigenvalue weighted by Crippen LogP contribution is 2.25. The van der Waals surface area contributed by atoms with Crippen LogP contribution in [-0.2, 0) is 4.79 Å². The molecule has 2 aromatic rings. The second-order valence-corrected chi connectivity index (χ2v) is 6.03. The van der Waals surface area contributed by atoms with Gasteiger partial charge in [0, 0.05) is 37.6 Å². The van der Waals surface area contributed by atoms with Gasteiger partial charge >= 0.3 is 0 Å². The standard InChI is InChI=1S/C19H22FN3O/c1-15(24)14-21-16-7-8-19(18(20)13-16)23-11-9-22(10-12-23)17-5-3-2-4-6-17/h2-8,13,21H,9-12,14H2,1H3. The van der Waals surface area contributed by atoms with Gasteiger partial charge in [-0.1, -0.05) is 18.2 Å². The van der Waals surface area contributed by atoms with Gasteiger partial charge in [-0.05, 0) is 37.3 Å². The van der Waals surface area contributed by atoms with E-state index in [4.69, 9.17) is 0 Å². The van der Waals surface area contributed by atoms with E-state index in [1.54, 1.807) is 6.07 Å². The second kappa shape index (κ2) is 7.34. The molecular formula is C19H22FN3O. The third-order valence-corrected chi connectivity index (χ3v) is 4.23. The van der Waals surface area contributed by atoms with Crippen LogP contribution in [0.15, 0.2) is 48.5 Å². The second-order valence-electron chi connectivity index (χ2n) is 6.03. The van der Waals surface area contributed by atoms with Crippen molar-refractivity contribution in [3.63, 3.8) is 0 Å². The molecule has 4 nitrogen and oxygen atoms in total. The summed E-state index contributed by atoms with van der Waals surface area (Å²) < 4.78 is 14.4. The first kappa shape index (κ1) is 16.3. The van der Waals surface area contributed by atoms with Crippen LogP contribution < -0.4 is 15.1 Å². The molecule has 0 spiro atoms. The quantitative estimate of drug-likeness (QED) is 0.915. The molecule has 1 fully saturated rings. The van der Waals surface area contributed by atoms with Gasteiger partial charge in [0.2, 0.25) is 0 Å². The molecule has 0 aromatic heterocycles. The Balaban J connectivity index is 1.63. The molecule has 126 valence electrons. The number of benzene rings is 2. The van der Waals surface area contributed by atoms with E-state index < -0.39 is 0 Å². The van der Waals surface area contributed by atoms with Crippen LogP contribution in [0, 0.1) is 5.82 Å². The molecule has 0 aliphatic carbocycles. The lowest BCUT2D eigenvalue weighted by molar-refractivity contribution is -0.115. The molecule has 1 saturated heterocycles. The van der Waals surface area contributed by atoms with Gasteiger partial charge in [-0.25, -0.2) is 4.39 Å². The van der Waals surface area contributed by atoms with Crippen molar-refractivity contribution < 1.29 is 9.18 Å². The summed E-state index contributed by atoms with van der Waals surface area (Å²) in [5.41, 5.74) is 2.46. The number of piperazine rings is 1. The van der Waals surface area contributed by atoms with Crippen LogP contribution in [0.4, 0.5) is 21.5 Å². The average Bonchev–Trinajstić information content (AvgIpc) is 2.61. The van der Waals surface area contributed by atoms with Gasteiger partial charge in [0.25, 0.3) is 0 Å². The Kier molecular flexibility index (Phi) is 4.99. The highest BCUT2D eigenvalue weighted by molar-refractivity contribution is 5.80. The van der Waals surface area contributed by atoms with E-state index in [-0.39, 0.29) is 18.1 Å². The summed E-state index contributed by atoms with van der Waals surface area (Å²) in [6.07, 6.45) is 0. The fourth-order valence-corrected chi connectivity index (χ4v) is 2.94. The number of hydrogen-bond acceptors (Lipinski definition) is 4. The van der Waals surface area contributed by atoms with Crippen LogP contribution in [0.1, 0.15) is 6.92 Å². The third kappa shape index (κ3) is 3.85. The molecule has 1 aliphatic heterocycles. The maximum absolute atomic E-state index is 14.4. The minimum atomic E-state index is -0.253. The molecule has 5 heteroatoms. The number of carbonyl (C=O) groups excluding carboxylic acids is 1. The average molecular weight is 327 g/mol. The van der Waals surface area contributed by atoms with E-state index in [0.717, 1.165) is 26.2 Å².